The van der Waals surface area contributed by atoms with Crippen LogP contribution in [0, 0.1) is 11.3 Å². The highest BCUT2D eigenvalue weighted by Gasteiger charge is 2.51. The molecule has 1 unspecified atom stereocenters. The van der Waals surface area contributed by atoms with Gasteiger partial charge < -0.3 is 37.0 Å². The molecule has 17 heteroatoms. The van der Waals surface area contributed by atoms with Gasteiger partial charge in [0.1, 0.15) is 18.9 Å². The molecular formula is C29H44N4O11P2. The van der Waals surface area contributed by atoms with Gasteiger partial charge in [-0.1, -0.05) is 30.3 Å². The lowest BCUT2D eigenvalue weighted by Crippen LogP contribution is -2.44. The number of benzene rings is 1. The minimum absolute atomic E-state index is 0.0176. The summed E-state index contributed by atoms with van der Waals surface area (Å²) < 4.78 is 63.3. The third kappa shape index (κ3) is 9.86. The van der Waals surface area contributed by atoms with Gasteiger partial charge in [-0.2, -0.15) is 5.26 Å². The van der Waals surface area contributed by atoms with Gasteiger partial charge in [-0.25, -0.2) is 14.0 Å². The van der Waals surface area contributed by atoms with Crippen LogP contribution in [-0.4, -0.2) is 78.7 Å². The van der Waals surface area contributed by atoms with Crippen LogP contribution in [0.4, 0.5) is 0 Å². The molecular weight excluding hydrogens is 642 g/mol. The first-order valence-electron chi connectivity index (χ1n) is 14.7. The monoisotopic (exact) mass is 686 g/mol. The lowest BCUT2D eigenvalue weighted by Gasteiger charge is -2.38. The highest BCUT2D eigenvalue weighted by Crippen LogP contribution is 2.52. The second-order valence-corrected chi connectivity index (χ2v) is 14.3. The maximum absolute atomic E-state index is 13.7. The van der Waals surface area contributed by atoms with E-state index < -0.39 is 58.4 Å². The normalized spacial score (nSPS) is 20.9. The van der Waals surface area contributed by atoms with Crippen molar-refractivity contribution in [3.05, 3.63) is 69.0 Å². The van der Waals surface area contributed by atoms with E-state index in [0.29, 0.717) is 0 Å². The minimum Gasteiger partial charge on any atom is -0.374 e. The average molecular weight is 687 g/mol. The second-order valence-electron chi connectivity index (χ2n) is 10.7. The van der Waals surface area contributed by atoms with E-state index in [1.54, 1.807) is 0 Å². The fourth-order valence-corrected chi connectivity index (χ4v) is 7.17. The number of nitrogens with zero attached hydrogens (tertiary/aromatic N) is 4. The first kappa shape index (κ1) is 38.1. The summed E-state index contributed by atoms with van der Waals surface area (Å²) in [4.78, 5) is 26.4. The van der Waals surface area contributed by atoms with Crippen LogP contribution in [0.15, 0.2) is 52.2 Å². The summed E-state index contributed by atoms with van der Waals surface area (Å²) >= 11 is 0. The number of rotatable bonds is 19. The van der Waals surface area contributed by atoms with Crippen molar-refractivity contribution in [2.75, 3.05) is 34.3 Å². The summed E-state index contributed by atoms with van der Waals surface area (Å²) in [6.07, 6.45) is -3.48. The van der Waals surface area contributed by atoms with Crippen molar-refractivity contribution in [2.24, 2.45) is 0 Å². The van der Waals surface area contributed by atoms with E-state index in [1.807, 2.05) is 62.7 Å². The molecule has 1 aromatic carbocycles. The highest BCUT2D eigenvalue weighted by molar-refractivity contribution is 7.53. The van der Waals surface area contributed by atoms with Crippen molar-refractivity contribution in [3.63, 3.8) is 0 Å². The van der Waals surface area contributed by atoms with Crippen LogP contribution in [0.2, 0.25) is 0 Å². The molecule has 2 aromatic rings. The molecule has 2 heterocycles. The zero-order chi connectivity index (χ0) is 33.9. The Balaban J connectivity index is 1.98. The maximum atomic E-state index is 13.7. The predicted octanol–water partition coefficient (Wildman–Crippen LogP) is 4.18. The topological polar surface area (TPSA) is 162 Å². The van der Waals surface area contributed by atoms with E-state index >= 15 is 0 Å². The highest BCUT2D eigenvalue weighted by atomic mass is 31.2. The number of ether oxygens (including phenoxy) is 4. The van der Waals surface area contributed by atoms with E-state index in [-0.39, 0.29) is 38.4 Å². The van der Waals surface area contributed by atoms with Crippen LogP contribution in [0.5, 0.6) is 0 Å². The Bertz CT molecular complexity index is 1420. The molecule has 1 fully saturated rings. The van der Waals surface area contributed by atoms with E-state index in [1.165, 1.54) is 38.2 Å². The number of aromatic nitrogens is 2. The number of hydrogen-bond acceptors (Lipinski definition) is 13. The van der Waals surface area contributed by atoms with Crippen LogP contribution in [0.1, 0.15) is 45.9 Å². The molecule has 15 nitrogen and oxygen atoms in total. The second kappa shape index (κ2) is 18.3. The molecule has 0 saturated carbocycles. The van der Waals surface area contributed by atoms with Crippen molar-refractivity contribution in [3.8, 4) is 6.07 Å². The van der Waals surface area contributed by atoms with E-state index in [2.05, 4.69) is 6.07 Å². The third-order valence-corrected chi connectivity index (χ3v) is 10.7. The van der Waals surface area contributed by atoms with Crippen LogP contribution >= 0.6 is 16.1 Å². The number of methoxy groups -OCH3 is 1. The summed E-state index contributed by atoms with van der Waals surface area (Å²) in [7, 11) is -1.60. The van der Waals surface area contributed by atoms with Gasteiger partial charge in [-0.05, 0) is 33.3 Å². The fourth-order valence-electron chi connectivity index (χ4n) is 4.74. The Hall–Kier alpha value is -2.31. The van der Waals surface area contributed by atoms with Gasteiger partial charge in [0.05, 0.1) is 25.7 Å². The molecule has 1 aliphatic rings. The van der Waals surface area contributed by atoms with Gasteiger partial charge >= 0.3 is 13.3 Å². The fraction of sp³-hybridized carbons (Fsp3) is 0.621. The summed E-state index contributed by atoms with van der Waals surface area (Å²) in [6.45, 7) is 7.92. The summed E-state index contributed by atoms with van der Waals surface area (Å²) in [5.41, 5.74) is -0.410. The molecule has 3 rings (SSSR count). The SMILES string of the molecule is CO[C@@H]1[C@H](OP(OCCC#N)N(C(C)C)C(C)C)[C@@H](OCP(=O)(OC)OC)O[C@H]1n1ccc(=O)n(COCc2ccccc2)c1=O. The number of hydrogen-bond donors (Lipinski definition) is 0. The zero-order valence-electron chi connectivity index (χ0n) is 27.2. The molecule has 256 valence electrons. The van der Waals surface area contributed by atoms with Crippen LogP contribution in [0.25, 0.3) is 0 Å². The Kier molecular flexibility index (Phi) is 15.2. The number of nitriles is 1. The Morgan fingerprint density at radius 2 is 1.72 bits per heavy atom. The molecule has 1 saturated heterocycles. The minimum atomic E-state index is -3.65. The Morgan fingerprint density at radius 3 is 2.30 bits per heavy atom. The third-order valence-electron chi connectivity index (χ3n) is 6.95. The first-order chi connectivity index (χ1) is 22.0. The van der Waals surface area contributed by atoms with Crippen LogP contribution in [-0.2, 0) is 54.9 Å². The lowest BCUT2D eigenvalue weighted by molar-refractivity contribution is -0.166. The molecule has 1 aromatic heterocycles. The standard InChI is InChI=1S/C29H44N4O11P2/c1-21(2)33(22(3)4)45(42-17-11-15-30)44-26-25(37-5)27(43-28(26)41-20-46(36,38-6)39-7)31-16-14-24(34)32(29(31)35)19-40-18-23-12-9-8-10-13-23/h8-10,12-14,16,21-22,25-28H,11,17-20H2,1-7H3/t25-,26+,27-,28+,45?/m1/s1. The lowest BCUT2D eigenvalue weighted by atomic mass is 10.2. The van der Waals surface area contributed by atoms with Crippen molar-refractivity contribution in [1.82, 2.24) is 13.8 Å². The van der Waals surface area contributed by atoms with Crippen molar-refractivity contribution < 1.29 is 41.6 Å². The zero-order valence-corrected chi connectivity index (χ0v) is 29.0. The largest absolute Gasteiger partial charge is 0.374 e. The van der Waals surface area contributed by atoms with E-state index in [4.69, 9.17) is 42.3 Å². The van der Waals surface area contributed by atoms with Crippen LogP contribution < -0.4 is 11.2 Å². The van der Waals surface area contributed by atoms with E-state index in [0.717, 1.165) is 10.1 Å². The summed E-state index contributed by atoms with van der Waals surface area (Å²) in [6, 6.07) is 12.6. The van der Waals surface area contributed by atoms with Crippen molar-refractivity contribution >= 4 is 16.1 Å². The molecule has 0 bridgehead atoms. The van der Waals surface area contributed by atoms with Gasteiger partial charge in [-0.15, -0.1) is 0 Å². The van der Waals surface area contributed by atoms with Gasteiger partial charge in [0.15, 0.2) is 18.9 Å². The van der Waals surface area contributed by atoms with Crippen molar-refractivity contribution in [2.45, 2.75) is 84.3 Å². The smallest absolute Gasteiger partial charge is 0.355 e. The van der Waals surface area contributed by atoms with Crippen molar-refractivity contribution in [1.29, 1.82) is 5.26 Å². The Labute approximate surface area is 270 Å². The molecule has 46 heavy (non-hydrogen) atoms. The molecule has 1 aliphatic heterocycles. The van der Waals surface area contributed by atoms with Gasteiger partial charge in [0.2, 0.25) is 0 Å². The average Bonchev–Trinajstić information content (AvgIpc) is 3.38. The molecule has 0 amide bonds. The summed E-state index contributed by atoms with van der Waals surface area (Å²) in [5, 5.41) is 9.12. The van der Waals surface area contributed by atoms with Gasteiger partial charge in [-0.3, -0.25) is 13.9 Å². The van der Waals surface area contributed by atoms with Crippen LogP contribution in [0.3, 0.4) is 0 Å². The van der Waals surface area contributed by atoms with Gasteiger partial charge in [0.25, 0.3) is 14.1 Å². The molecule has 0 aliphatic carbocycles. The predicted molar refractivity (Wildman–Crippen MR) is 169 cm³/mol. The molecule has 0 spiro atoms. The maximum Gasteiger partial charge on any atom is 0.355 e. The Morgan fingerprint density at radius 1 is 1.04 bits per heavy atom. The molecule has 0 radical (unpaired) electrons. The molecule has 5 atom stereocenters. The molecule has 0 N–H and O–H groups in total. The van der Waals surface area contributed by atoms with Gasteiger partial charge in [0, 0.05) is 45.7 Å². The first-order valence-corrected chi connectivity index (χ1v) is 17.5. The summed E-state index contributed by atoms with van der Waals surface area (Å²) in [5.74, 6) is 0. The quantitative estimate of drug-likeness (QED) is 0.153. The van der Waals surface area contributed by atoms with E-state index in [9.17, 15) is 14.2 Å².